The molecule has 5 nitrogen and oxygen atoms in total. The normalized spacial score (nSPS) is 10.0. The predicted molar refractivity (Wildman–Crippen MR) is 75.8 cm³/mol. The summed E-state index contributed by atoms with van der Waals surface area (Å²) in [6, 6.07) is 12.9. The molecule has 3 N–H and O–H groups in total. The quantitative estimate of drug-likeness (QED) is 0.648. The first-order chi connectivity index (χ1) is 9.26. The number of carbonyl (C=O) groups is 1. The lowest BCUT2D eigenvalue weighted by atomic mass is 10.2. The van der Waals surface area contributed by atoms with Crippen LogP contribution >= 0.6 is 0 Å². The second-order valence-corrected chi connectivity index (χ2v) is 3.96. The molecule has 0 aliphatic rings. The van der Waals surface area contributed by atoms with E-state index in [0.717, 1.165) is 5.69 Å². The van der Waals surface area contributed by atoms with Gasteiger partial charge < -0.3 is 10.3 Å². The van der Waals surface area contributed by atoms with Crippen LogP contribution in [-0.4, -0.2) is 17.4 Å². The van der Waals surface area contributed by atoms with E-state index in [-0.39, 0.29) is 5.91 Å². The summed E-state index contributed by atoms with van der Waals surface area (Å²) in [5.74, 6) is 5.14. The number of nitrogens with one attached hydrogen (secondary N) is 1. The van der Waals surface area contributed by atoms with Gasteiger partial charge in [-0.3, -0.25) is 10.6 Å². The third kappa shape index (κ3) is 2.89. The molecule has 0 spiro atoms. The first-order valence-electron chi connectivity index (χ1n) is 6.06. The molecule has 0 unspecified atom stereocenters. The highest BCUT2D eigenvalue weighted by atomic mass is 16.2. The van der Waals surface area contributed by atoms with Crippen LogP contribution in [0.15, 0.2) is 48.7 Å². The number of anilines is 2. The number of hydrogen-bond acceptors (Lipinski definition) is 4. The Bertz CT molecular complexity index is 539. The zero-order valence-corrected chi connectivity index (χ0v) is 10.7. The molecular formula is C14H16N4O. The largest absolute Gasteiger partial charge is 0.323 e. The number of benzene rings is 1. The van der Waals surface area contributed by atoms with Gasteiger partial charge in [-0.1, -0.05) is 18.2 Å². The zero-order valence-electron chi connectivity index (χ0n) is 10.7. The molecule has 1 aromatic carbocycles. The fourth-order valence-electron chi connectivity index (χ4n) is 1.80. The summed E-state index contributed by atoms with van der Waals surface area (Å²) >= 11 is 0. The standard InChI is InChI=1S/C14H16N4O/c1-2-18(12-6-4-3-5-7-12)14(19)13-9-8-11(17-15)10-16-13/h3-10,17H,2,15H2,1H3. The Balaban J connectivity index is 2.25. The smallest absolute Gasteiger partial charge is 0.276 e. The summed E-state index contributed by atoms with van der Waals surface area (Å²) in [6.45, 7) is 2.52. The van der Waals surface area contributed by atoms with Crippen LogP contribution in [0.2, 0.25) is 0 Å². The SMILES string of the molecule is CCN(C(=O)c1ccc(NN)cn1)c1ccccc1. The van der Waals surface area contributed by atoms with Crippen LogP contribution in [-0.2, 0) is 0 Å². The molecule has 0 aliphatic heterocycles. The van der Waals surface area contributed by atoms with E-state index in [2.05, 4.69) is 10.4 Å². The first-order valence-corrected chi connectivity index (χ1v) is 6.06. The van der Waals surface area contributed by atoms with Gasteiger partial charge in [-0.25, -0.2) is 4.98 Å². The van der Waals surface area contributed by atoms with E-state index in [1.54, 1.807) is 17.0 Å². The van der Waals surface area contributed by atoms with Crippen LogP contribution in [0.5, 0.6) is 0 Å². The second-order valence-electron chi connectivity index (χ2n) is 3.96. The fourth-order valence-corrected chi connectivity index (χ4v) is 1.80. The number of rotatable bonds is 4. The molecule has 0 fully saturated rings. The highest BCUT2D eigenvalue weighted by Crippen LogP contribution is 2.16. The van der Waals surface area contributed by atoms with E-state index in [1.807, 2.05) is 37.3 Å². The van der Waals surface area contributed by atoms with Crippen LogP contribution in [0.25, 0.3) is 0 Å². The minimum atomic E-state index is -0.128. The molecule has 0 radical (unpaired) electrons. The minimum Gasteiger partial charge on any atom is -0.323 e. The Morgan fingerprint density at radius 1 is 1.26 bits per heavy atom. The Kier molecular flexibility index (Phi) is 4.10. The van der Waals surface area contributed by atoms with Gasteiger partial charge in [0.05, 0.1) is 11.9 Å². The van der Waals surface area contributed by atoms with Gasteiger partial charge in [0.2, 0.25) is 0 Å². The highest BCUT2D eigenvalue weighted by molar-refractivity contribution is 6.04. The summed E-state index contributed by atoms with van der Waals surface area (Å²) in [6.07, 6.45) is 1.53. The van der Waals surface area contributed by atoms with Crippen molar-refractivity contribution < 1.29 is 4.79 Å². The number of nitrogens with zero attached hydrogens (tertiary/aromatic N) is 2. The molecule has 0 bridgehead atoms. The van der Waals surface area contributed by atoms with Crippen LogP contribution in [0.3, 0.4) is 0 Å². The van der Waals surface area contributed by atoms with Gasteiger partial charge in [-0.05, 0) is 31.2 Å². The van der Waals surface area contributed by atoms with Gasteiger partial charge in [0.1, 0.15) is 5.69 Å². The fraction of sp³-hybridized carbons (Fsp3) is 0.143. The summed E-state index contributed by atoms with van der Waals surface area (Å²) in [4.78, 5) is 18.2. The van der Waals surface area contributed by atoms with Crippen molar-refractivity contribution >= 4 is 17.3 Å². The molecular weight excluding hydrogens is 240 g/mol. The summed E-state index contributed by atoms with van der Waals surface area (Å²) < 4.78 is 0. The van der Waals surface area contributed by atoms with Gasteiger partial charge in [-0.15, -0.1) is 0 Å². The number of carbonyl (C=O) groups excluding carboxylic acids is 1. The number of para-hydroxylation sites is 1. The molecule has 0 atom stereocenters. The van der Waals surface area contributed by atoms with E-state index in [9.17, 15) is 4.79 Å². The van der Waals surface area contributed by atoms with Crippen molar-refractivity contribution in [1.82, 2.24) is 4.98 Å². The molecule has 2 aromatic rings. The lowest BCUT2D eigenvalue weighted by Crippen LogP contribution is -2.31. The number of aromatic nitrogens is 1. The Hall–Kier alpha value is -2.40. The number of hydrazine groups is 1. The molecule has 1 heterocycles. The molecule has 1 amide bonds. The van der Waals surface area contributed by atoms with Crippen LogP contribution in [0.1, 0.15) is 17.4 Å². The third-order valence-corrected chi connectivity index (χ3v) is 2.78. The maximum atomic E-state index is 12.4. The molecule has 1 aromatic heterocycles. The van der Waals surface area contributed by atoms with Crippen LogP contribution in [0, 0.1) is 0 Å². The average molecular weight is 256 g/mol. The van der Waals surface area contributed by atoms with Gasteiger partial charge in [0.15, 0.2) is 0 Å². The van der Waals surface area contributed by atoms with Crippen molar-refractivity contribution in [3.8, 4) is 0 Å². The van der Waals surface area contributed by atoms with Gasteiger partial charge >= 0.3 is 0 Å². The van der Waals surface area contributed by atoms with Crippen molar-refractivity contribution in [3.05, 3.63) is 54.4 Å². The Labute approximate surface area is 112 Å². The topological polar surface area (TPSA) is 71.2 Å². The van der Waals surface area contributed by atoms with E-state index in [4.69, 9.17) is 5.84 Å². The first kappa shape index (κ1) is 13.0. The third-order valence-electron chi connectivity index (χ3n) is 2.78. The van der Waals surface area contributed by atoms with Crippen LogP contribution < -0.4 is 16.2 Å². The molecule has 2 rings (SSSR count). The maximum Gasteiger partial charge on any atom is 0.276 e. The predicted octanol–water partition coefficient (Wildman–Crippen LogP) is 2.03. The number of amides is 1. The van der Waals surface area contributed by atoms with E-state index >= 15 is 0 Å². The summed E-state index contributed by atoms with van der Waals surface area (Å²) in [5, 5.41) is 0. The zero-order chi connectivity index (χ0) is 13.7. The minimum absolute atomic E-state index is 0.128. The lowest BCUT2D eigenvalue weighted by Gasteiger charge is -2.20. The molecule has 0 saturated carbocycles. The van der Waals surface area contributed by atoms with Crippen molar-refractivity contribution in [3.63, 3.8) is 0 Å². The van der Waals surface area contributed by atoms with Crippen molar-refractivity contribution in [2.45, 2.75) is 6.92 Å². The lowest BCUT2D eigenvalue weighted by molar-refractivity contribution is 0.0983. The number of hydrogen-bond donors (Lipinski definition) is 2. The summed E-state index contributed by atoms with van der Waals surface area (Å²) in [7, 11) is 0. The second kappa shape index (κ2) is 5.97. The molecule has 5 heteroatoms. The van der Waals surface area contributed by atoms with Gasteiger partial charge in [0, 0.05) is 12.2 Å². The van der Waals surface area contributed by atoms with E-state index in [1.165, 1.54) is 6.20 Å². The Morgan fingerprint density at radius 2 is 2.00 bits per heavy atom. The summed E-state index contributed by atoms with van der Waals surface area (Å²) in [5.41, 5.74) is 4.40. The monoisotopic (exact) mass is 256 g/mol. The van der Waals surface area contributed by atoms with Crippen molar-refractivity contribution in [2.24, 2.45) is 5.84 Å². The molecule has 98 valence electrons. The van der Waals surface area contributed by atoms with E-state index < -0.39 is 0 Å². The maximum absolute atomic E-state index is 12.4. The van der Waals surface area contributed by atoms with E-state index in [0.29, 0.717) is 17.9 Å². The number of nitrogens with two attached hydrogens (primary N) is 1. The Morgan fingerprint density at radius 3 is 2.53 bits per heavy atom. The highest BCUT2D eigenvalue weighted by Gasteiger charge is 2.16. The number of nitrogen functional groups attached to an aromatic ring is 1. The molecule has 19 heavy (non-hydrogen) atoms. The van der Waals surface area contributed by atoms with Crippen molar-refractivity contribution in [1.29, 1.82) is 0 Å². The number of pyridine rings is 1. The molecule has 0 saturated heterocycles. The molecule has 0 aliphatic carbocycles. The average Bonchev–Trinajstić information content (AvgIpc) is 2.49. The van der Waals surface area contributed by atoms with Gasteiger partial charge in [0.25, 0.3) is 5.91 Å². The van der Waals surface area contributed by atoms with Crippen molar-refractivity contribution in [2.75, 3.05) is 16.9 Å². The van der Waals surface area contributed by atoms with Gasteiger partial charge in [-0.2, -0.15) is 0 Å². The van der Waals surface area contributed by atoms with Crippen LogP contribution in [0.4, 0.5) is 11.4 Å².